The lowest BCUT2D eigenvalue weighted by molar-refractivity contribution is -0.384. The second-order valence-corrected chi connectivity index (χ2v) is 9.86. The molecule has 3 aromatic carbocycles. The first-order valence-corrected chi connectivity index (χ1v) is 13.0. The summed E-state index contributed by atoms with van der Waals surface area (Å²) < 4.78 is 15.6. The zero-order valence-electron chi connectivity index (χ0n) is 21.2. The van der Waals surface area contributed by atoms with Crippen LogP contribution in [0.4, 0.5) is 10.1 Å². The van der Waals surface area contributed by atoms with Gasteiger partial charge in [-0.2, -0.15) is 0 Å². The normalized spacial score (nSPS) is 14.6. The van der Waals surface area contributed by atoms with Crippen LogP contribution in [-0.2, 0) is 11.3 Å². The maximum absolute atomic E-state index is 13.5. The van der Waals surface area contributed by atoms with Gasteiger partial charge in [-0.15, -0.1) is 0 Å². The third-order valence-electron chi connectivity index (χ3n) is 7.28. The molecule has 0 bridgehead atoms. The van der Waals surface area contributed by atoms with Gasteiger partial charge in [-0.3, -0.25) is 14.9 Å². The monoisotopic (exact) mass is 514 g/mol. The van der Waals surface area contributed by atoms with Gasteiger partial charge in [0.15, 0.2) is 0 Å². The fourth-order valence-corrected chi connectivity index (χ4v) is 5.35. The van der Waals surface area contributed by atoms with Crippen LogP contribution >= 0.6 is 0 Å². The number of rotatable bonds is 10. The molecule has 1 aromatic heterocycles. The molecule has 5 rings (SSSR count). The van der Waals surface area contributed by atoms with Crippen LogP contribution < -0.4 is 5.32 Å². The Balaban J connectivity index is 1.47. The summed E-state index contributed by atoms with van der Waals surface area (Å²) in [6, 6.07) is 20.9. The minimum atomic E-state index is -0.408. The molecule has 1 saturated heterocycles. The van der Waals surface area contributed by atoms with Crippen LogP contribution in [-0.4, -0.2) is 46.5 Å². The van der Waals surface area contributed by atoms with Crippen LogP contribution in [0.15, 0.2) is 79.0 Å². The molecule has 1 aliphatic heterocycles. The maximum atomic E-state index is 13.5. The third kappa shape index (κ3) is 5.92. The van der Waals surface area contributed by atoms with E-state index < -0.39 is 4.92 Å². The summed E-state index contributed by atoms with van der Waals surface area (Å²) in [4.78, 5) is 26.6. The molecule has 0 spiro atoms. The Bertz CT molecular complexity index is 1430. The number of benzene rings is 3. The van der Waals surface area contributed by atoms with E-state index in [0.717, 1.165) is 47.2 Å². The van der Waals surface area contributed by atoms with Gasteiger partial charge >= 0.3 is 0 Å². The fourth-order valence-electron chi connectivity index (χ4n) is 5.35. The van der Waals surface area contributed by atoms with Gasteiger partial charge in [-0.25, -0.2) is 4.39 Å². The van der Waals surface area contributed by atoms with E-state index in [1.165, 1.54) is 31.0 Å². The highest BCUT2D eigenvalue weighted by atomic mass is 19.1. The summed E-state index contributed by atoms with van der Waals surface area (Å²) in [7, 11) is 0. The Morgan fingerprint density at radius 3 is 2.55 bits per heavy atom. The zero-order valence-corrected chi connectivity index (χ0v) is 21.2. The van der Waals surface area contributed by atoms with Gasteiger partial charge in [0.05, 0.1) is 4.92 Å². The van der Waals surface area contributed by atoms with E-state index in [4.69, 9.17) is 0 Å². The van der Waals surface area contributed by atoms with Crippen molar-refractivity contribution in [2.45, 2.75) is 31.7 Å². The van der Waals surface area contributed by atoms with Gasteiger partial charge in [0.1, 0.15) is 5.82 Å². The lowest BCUT2D eigenvalue weighted by Crippen LogP contribution is -2.34. The Labute approximate surface area is 221 Å². The molecule has 1 atom stereocenters. The van der Waals surface area contributed by atoms with Crippen molar-refractivity contribution in [2.24, 2.45) is 0 Å². The molecule has 1 N–H and O–H groups in total. The summed E-state index contributed by atoms with van der Waals surface area (Å²) in [6.45, 7) is 4.07. The topological polar surface area (TPSA) is 80.4 Å². The highest BCUT2D eigenvalue weighted by Crippen LogP contribution is 2.36. The van der Waals surface area contributed by atoms with E-state index in [1.807, 2.05) is 36.5 Å². The number of aromatic nitrogens is 1. The van der Waals surface area contributed by atoms with E-state index >= 15 is 0 Å². The van der Waals surface area contributed by atoms with Crippen molar-refractivity contribution in [3.05, 3.63) is 112 Å². The summed E-state index contributed by atoms with van der Waals surface area (Å²) >= 11 is 0. The predicted octanol–water partition coefficient (Wildman–Crippen LogP) is 5.47. The number of nitrogens with zero attached hydrogens (tertiary/aromatic N) is 3. The van der Waals surface area contributed by atoms with Crippen LogP contribution in [0.5, 0.6) is 0 Å². The summed E-state index contributed by atoms with van der Waals surface area (Å²) in [5.74, 6) is -0.745. The SMILES string of the molecule is O=C(C[C@H](c1cccc([N+](=O)[O-])c1)c1cn(Cc2ccc(F)cc2)c2ccccc12)NCCN1CCCC1. The van der Waals surface area contributed by atoms with E-state index in [1.54, 1.807) is 24.3 Å². The first-order chi connectivity index (χ1) is 18.5. The number of nitro groups is 1. The first kappa shape index (κ1) is 25.6. The van der Waals surface area contributed by atoms with Gasteiger partial charge in [0.2, 0.25) is 5.91 Å². The molecule has 196 valence electrons. The smallest absolute Gasteiger partial charge is 0.269 e. The molecular weight excluding hydrogens is 483 g/mol. The minimum absolute atomic E-state index is 0.00279. The number of hydrogen-bond donors (Lipinski definition) is 1. The number of likely N-dealkylation sites (tertiary alicyclic amines) is 1. The Morgan fingerprint density at radius 1 is 1.03 bits per heavy atom. The van der Waals surface area contributed by atoms with Crippen molar-refractivity contribution in [1.29, 1.82) is 0 Å². The van der Waals surface area contributed by atoms with Crippen LogP contribution in [0.25, 0.3) is 10.9 Å². The quantitative estimate of drug-likeness (QED) is 0.225. The zero-order chi connectivity index (χ0) is 26.5. The second kappa shape index (κ2) is 11.6. The molecule has 0 aliphatic carbocycles. The van der Waals surface area contributed by atoms with Crippen molar-refractivity contribution >= 4 is 22.5 Å². The molecule has 1 fully saturated rings. The molecular formula is C30H31FN4O3. The highest BCUT2D eigenvalue weighted by molar-refractivity contribution is 5.87. The van der Waals surface area contributed by atoms with E-state index in [2.05, 4.69) is 14.8 Å². The molecule has 1 aliphatic rings. The van der Waals surface area contributed by atoms with Crippen LogP contribution in [0, 0.1) is 15.9 Å². The second-order valence-electron chi connectivity index (χ2n) is 9.86. The maximum Gasteiger partial charge on any atom is 0.269 e. The molecule has 0 saturated carbocycles. The van der Waals surface area contributed by atoms with Crippen LogP contribution in [0.1, 0.15) is 41.9 Å². The van der Waals surface area contributed by atoms with E-state index in [-0.39, 0.29) is 29.8 Å². The summed E-state index contributed by atoms with van der Waals surface area (Å²) in [5.41, 5.74) is 3.58. The molecule has 0 radical (unpaired) electrons. The average Bonchev–Trinajstić information content (AvgIpc) is 3.57. The lowest BCUT2D eigenvalue weighted by atomic mass is 9.87. The van der Waals surface area contributed by atoms with Crippen molar-refractivity contribution in [3.8, 4) is 0 Å². The highest BCUT2D eigenvalue weighted by Gasteiger charge is 2.24. The Hall–Kier alpha value is -4.04. The number of amides is 1. The lowest BCUT2D eigenvalue weighted by Gasteiger charge is -2.19. The van der Waals surface area contributed by atoms with Gasteiger partial charge in [-0.1, -0.05) is 42.5 Å². The molecule has 4 aromatic rings. The Kier molecular flexibility index (Phi) is 7.79. The van der Waals surface area contributed by atoms with E-state index in [9.17, 15) is 19.3 Å². The Morgan fingerprint density at radius 2 is 1.79 bits per heavy atom. The van der Waals surface area contributed by atoms with Gasteiger partial charge in [0.25, 0.3) is 5.69 Å². The van der Waals surface area contributed by atoms with Crippen molar-refractivity contribution in [3.63, 3.8) is 0 Å². The molecule has 8 heteroatoms. The summed E-state index contributed by atoms with van der Waals surface area (Å²) in [6.07, 6.45) is 4.59. The van der Waals surface area contributed by atoms with Gasteiger partial charge in [-0.05, 0) is 60.8 Å². The molecule has 2 heterocycles. The fraction of sp³-hybridized carbons (Fsp3) is 0.300. The van der Waals surface area contributed by atoms with Crippen molar-refractivity contribution in [2.75, 3.05) is 26.2 Å². The predicted molar refractivity (Wildman–Crippen MR) is 146 cm³/mol. The summed E-state index contributed by atoms with van der Waals surface area (Å²) in [5, 5.41) is 15.6. The largest absolute Gasteiger partial charge is 0.355 e. The number of nitro benzene ring substituents is 1. The average molecular weight is 515 g/mol. The van der Waals surface area contributed by atoms with Crippen molar-refractivity contribution < 1.29 is 14.1 Å². The van der Waals surface area contributed by atoms with Crippen LogP contribution in [0.3, 0.4) is 0 Å². The first-order valence-electron chi connectivity index (χ1n) is 13.0. The van der Waals surface area contributed by atoms with E-state index in [0.29, 0.717) is 13.1 Å². The number of non-ortho nitro benzene ring substituents is 1. The molecule has 7 nitrogen and oxygen atoms in total. The number of carbonyl (C=O) groups excluding carboxylic acids is 1. The number of nitrogens with one attached hydrogen (secondary N) is 1. The number of hydrogen-bond acceptors (Lipinski definition) is 4. The number of fused-ring (bicyclic) bond motifs is 1. The third-order valence-corrected chi connectivity index (χ3v) is 7.28. The van der Waals surface area contributed by atoms with Crippen LogP contribution in [0.2, 0.25) is 0 Å². The number of carbonyl (C=O) groups is 1. The van der Waals surface area contributed by atoms with Gasteiger partial charge in [0, 0.05) is 61.2 Å². The number of halogens is 1. The molecule has 38 heavy (non-hydrogen) atoms. The molecule has 0 unspecified atom stereocenters. The number of para-hydroxylation sites is 1. The minimum Gasteiger partial charge on any atom is -0.355 e. The molecule has 1 amide bonds. The van der Waals surface area contributed by atoms with Gasteiger partial charge < -0.3 is 14.8 Å². The van der Waals surface area contributed by atoms with Crippen molar-refractivity contribution in [1.82, 2.24) is 14.8 Å². The standard InChI is InChI=1S/C30H31FN4O3/c31-24-12-10-22(11-13-24)20-34-21-28(26-8-1-2-9-29(26)34)27(23-6-5-7-25(18-23)35(37)38)19-30(36)32-14-17-33-15-3-4-16-33/h1-2,5-13,18,21,27H,3-4,14-17,19-20H2,(H,32,36)/t27-/m1/s1.